The monoisotopic (exact) mass is 246 g/mol. The van der Waals surface area contributed by atoms with E-state index < -0.39 is 14.6 Å². The van der Waals surface area contributed by atoms with Crippen LogP contribution in [0.5, 0.6) is 0 Å². The molecule has 0 aliphatic heterocycles. The van der Waals surface area contributed by atoms with Crippen LogP contribution in [0.15, 0.2) is 6.20 Å². The molecule has 0 spiro atoms. The van der Waals surface area contributed by atoms with Gasteiger partial charge in [0.25, 0.3) is 0 Å². The summed E-state index contributed by atoms with van der Waals surface area (Å²) in [4.78, 5) is 0. The summed E-state index contributed by atoms with van der Waals surface area (Å²) in [5.41, 5.74) is 0.748. The predicted molar refractivity (Wildman–Crippen MR) is 61.7 cm³/mol. The third kappa shape index (κ3) is 2.10. The second-order valence-electron chi connectivity index (χ2n) is 4.38. The van der Waals surface area contributed by atoms with E-state index >= 15 is 0 Å². The maximum Gasteiger partial charge on any atom is 0.154 e. The Kier molecular flexibility index (Phi) is 3.39. The molecule has 1 unspecified atom stereocenters. The molecule has 1 N–H and O–H groups in total. The molecule has 0 bridgehead atoms. The summed E-state index contributed by atoms with van der Waals surface area (Å²) in [7, 11) is 0.280. The van der Waals surface area contributed by atoms with E-state index in [0.29, 0.717) is 0 Å². The zero-order valence-electron chi connectivity index (χ0n) is 10.2. The first-order chi connectivity index (χ1) is 7.21. The second kappa shape index (κ2) is 4.14. The Labute approximate surface area is 96.0 Å². The number of nitrogens with one attached hydrogen (secondary N) is 1. The number of sulfone groups is 1. The lowest BCUT2D eigenvalue weighted by atomic mass is 10.0. The smallest absolute Gasteiger partial charge is 0.154 e. The number of aromatic nitrogens is 3. The zero-order valence-corrected chi connectivity index (χ0v) is 11.0. The highest BCUT2D eigenvalue weighted by atomic mass is 32.2. The van der Waals surface area contributed by atoms with E-state index in [-0.39, 0.29) is 6.04 Å². The van der Waals surface area contributed by atoms with Crippen LogP contribution < -0.4 is 5.32 Å². The van der Waals surface area contributed by atoms with Crippen LogP contribution >= 0.6 is 0 Å². The maximum atomic E-state index is 11.8. The molecule has 1 atom stereocenters. The molecule has 1 rings (SSSR count). The maximum absolute atomic E-state index is 11.8. The summed E-state index contributed by atoms with van der Waals surface area (Å²) < 4.78 is 24.2. The highest BCUT2D eigenvalue weighted by molar-refractivity contribution is 7.92. The zero-order chi connectivity index (χ0) is 12.6. The van der Waals surface area contributed by atoms with Crippen molar-refractivity contribution in [1.29, 1.82) is 0 Å². The summed E-state index contributed by atoms with van der Waals surface area (Å²) in [6.07, 6.45) is 2.81. The van der Waals surface area contributed by atoms with Crippen molar-refractivity contribution in [2.24, 2.45) is 7.05 Å². The van der Waals surface area contributed by atoms with Crippen LogP contribution in [0, 0.1) is 0 Å². The number of nitrogens with zero attached hydrogens (tertiary/aromatic N) is 3. The number of hydrogen-bond acceptors (Lipinski definition) is 5. The van der Waals surface area contributed by atoms with Gasteiger partial charge in [-0.3, -0.25) is 4.68 Å². The molecule has 0 aliphatic carbocycles. The molecule has 1 aromatic heterocycles. The predicted octanol–water partition coefficient (Wildman–Crippen LogP) is -0.101. The van der Waals surface area contributed by atoms with E-state index in [9.17, 15) is 8.42 Å². The average Bonchev–Trinajstić information content (AvgIpc) is 2.51. The van der Waals surface area contributed by atoms with Gasteiger partial charge in [0.05, 0.1) is 22.7 Å². The minimum atomic E-state index is -3.19. The van der Waals surface area contributed by atoms with Gasteiger partial charge in [-0.2, -0.15) is 0 Å². The van der Waals surface area contributed by atoms with Gasteiger partial charge in [0.15, 0.2) is 9.84 Å². The van der Waals surface area contributed by atoms with Crippen molar-refractivity contribution in [2.75, 3.05) is 13.3 Å². The molecule has 92 valence electrons. The van der Waals surface area contributed by atoms with Gasteiger partial charge in [-0.15, -0.1) is 5.10 Å². The van der Waals surface area contributed by atoms with E-state index in [0.717, 1.165) is 5.69 Å². The lowest BCUT2D eigenvalue weighted by Crippen LogP contribution is -2.44. The Balaban J connectivity index is 3.24. The molecule has 0 aliphatic rings. The molecule has 16 heavy (non-hydrogen) atoms. The first kappa shape index (κ1) is 13.1. The molecule has 1 aromatic rings. The highest BCUT2D eigenvalue weighted by Crippen LogP contribution is 2.30. The fourth-order valence-corrected chi connectivity index (χ4v) is 2.29. The quantitative estimate of drug-likeness (QED) is 0.802. The molecule has 0 amide bonds. The molecular weight excluding hydrogens is 228 g/mol. The van der Waals surface area contributed by atoms with Gasteiger partial charge in [0.1, 0.15) is 0 Å². The summed E-state index contributed by atoms with van der Waals surface area (Å²) in [6, 6.07) is -0.345. The van der Waals surface area contributed by atoms with Gasteiger partial charge < -0.3 is 5.32 Å². The lowest BCUT2D eigenvalue weighted by molar-refractivity contribution is 0.424. The van der Waals surface area contributed by atoms with Gasteiger partial charge in [-0.05, 0) is 20.9 Å². The van der Waals surface area contributed by atoms with Gasteiger partial charge in [-0.1, -0.05) is 5.21 Å². The first-order valence-electron chi connectivity index (χ1n) is 4.93. The van der Waals surface area contributed by atoms with Crippen molar-refractivity contribution < 1.29 is 8.42 Å². The van der Waals surface area contributed by atoms with Gasteiger partial charge >= 0.3 is 0 Å². The van der Waals surface area contributed by atoms with E-state index in [1.165, 1.54) is 6.26 Å². The Bertz CT molecular complexity index is 464. The molecule has 0 radical (unpaired) electrons. The van der Waals surface area contributed by atoms with Crippen LogP contribution in [-0.2, 0) is 16.9 Å². The largest absolute Gasteiger partial charge is 0.310 e. The molecule has 6 nitrogen and oxygen atoms in total. The van der Waals surface area contributed by atoms with Crippen molar-refractivity contribution in [2.45, 2.75) is 24.6 Å². The number of aryl methyl sites for hydroxylation is 1. The molecule has 0 fully saturated rings. The van der Waals surface area contributed by atoms with Crippen LogP contribution in [0.4, 0.5) is 0 Å². The summed E-state index contributed by atoms with van der Waals surface area (Å²) in [6.45, 7) is 3.38. The minimum Gasteiger partial charge on any atom is -0.310 e. The Morgan fingerprint density at radius 1 is 1.50 bits per heavy atom. The average molecular weight is 246 g/mol. The summed E-state index contributed by atoms with van der Waals surface area (Å²) >= 11 is 0. The van der Waals surface area contributed by atoms with E-state index in [4.69, 9.17) is 0 Å². The van der Waals surface area contributed by atoms with E-state index in [1.54, 1.807) is 38.8 Å². The van der Waals surface area contributed by atoms with Crippen molar-refractivity contribution in [3.8, 4) is 0 Å². The fourth-order valence-electron chi connectivity index (χ4n) is 1.62. The Hall–Kier alpha value is -0.950. The van der Waals surface area contributed by atoms with Crippen LogP contribution in [0.2, 0.25) is 0 Å². The minimum absolute atomic E-state index is 0.345. The van der Waals surface area contributed by atoms with Gasteiger partial charge in [-0.25, -0.2) is 8.42 Å². The Morgan fingerprint density at radius 3 is 2.38 bits per heavy atom. The SMILES string of the molecule is CNC(c1cnnn1C)C(C)(C)S(C)(=O)=O. The number of rotatable bonds is 4. The number of hydrogen-bond donors (Lipinski definition) is 1. The topological polar surface area (TPSA) is 76.9 Å². The highest BCUT2D eigenvalue weighted by Gasteiger charge is 2.40. The van der Waals surface area contributed by atoms with Gasteiger partial charge in [0.2, 0.25) is 0 Å². The second-order valence-corrected chi connectivity index (χ2v) is 6.98. The summed E-state index contributed by atoms with van der Waals surface area (Å²) in [5, 5.41) is 10.6. The van der Waals surface area contributed by atoms with Crippen LogP contribution in [0.3, 0.4) is 0 Å². The Morgan fingerprint density at radius 2 is 2.06 bits per heavy atom. The van der Waals surface area contributed by atoms with Crippen LogP contribution in [0.25, 0.3) is 0 Å². The van der Waals surface area contributed by atoms with Crippen molar-refractivity contribution in [3.05, 3.63) is 11.9 Å². The van der Waals surface area contributed by atoms with Crippen LogP contribution in [-0.4, -0.2) is 41.5 Å². The molecule has 0 saturated heterocycles. The van der Waals surface area contributed by atoms with E-state index in [2.05, 4.69) is 15.6 Å². The molecular formula is C9H18N4O2S. The first-order valence-corrected chi connectivity index (χ1v) is 6.82. The van der Waals surface area contributed by atoms with Crippen molar-refractivity contribution >= 4 is 9.84 Å². The van der Waals surface area contributed by atoms with Crippen LogP contribution in [0.1, 0.15) is 25.6 Å². The third-order valence-electron chi connectivity index (χ3n) is 2.98. The van der Waals surface area contributed by atoms with Crippen molar-refractivity contribution in [1.82, 2.24) is 20.3 Å². The summed E-state index contributed by atoms with van der Waals surface area (Å²) in [5.74, 6) is 0. The molecule has 0 aromatic carbocycles. The standard InChI is InChI=1S/C9H18N4O2S/c1-9(2,16(5,14)15)8(10-3)7-6-11-12-13(7)4/h6,8,10H,1-5H3. The third-order valence-corrected chi connectivity index (χ3v) is 5.13. The van der Waals surface area contributed by atoms with E-state index in [1.807, 2.05) is 0 Å². The van der Waals surface area contributed by atoms with Gasteiger partial charge in [0, 0.05) is 13.3 Å². The molecule has 7 heteroatoms. The normalized spacial score (nSPS) is 15.1. The fraction of sp³-hybridized carbons (Fsp3) is 0.778. The lowest BCUT2D eigenvalue weighted by Gasteiger charge is -2.31. The molecule has 0 saturated carbocycles. The molecule has 1 heterocycles. The van der Waals surface area contributed by atoms with Crippen molar-refractivity contribution in [3.63, 3.8) is 0 Å².